The summed E-state index contributed by atoms with van der Waals surface area (Å²) in [6, 6.07) is 11.6. The van der Waals surface area contributed by atoms with Gasteiger partial charge in [-0.25, -0.2) is 14.7 Å². The quantitative estimate of drug-likeness (QED) is 0.451. The molecule has 3 aromatic rings. The molecule has 0 aliphatic heterocycles. The molecule has 2 N–H and O–H groups in total. The molecule has 0 amide bonds. The lowest BCUT2D eigenvalue weighted by Crippen LogP contribution is -2.36. The van der Waals surface area contributed by atoms with Crippen LogP contribution in [0.4, 0.5) is 0 Å². The first kappa shape index (κ1) is 20.2. The van der Waals surface area contributed by atoms with Gasteiger partial charge in [0, 0.05) is 31.7 Å². The zero-order chi connectivity index (χ0) is 20.5. The highest BCUT2D eigenvalue weighted by molar-refractivity contribution is 5.79. The molecule has 8 heteroatoms. The van der Waals surface area contributed by atoms with Crippen molar-refractivity contribution in [2.75, 3.05) is 20.8 Å². The van der Waals surface area contributed by atoms with E-state index in [1.165, 1.54) is 0 Å². The summed E-state index contributed by atoms with van der Waals surface area (Å²) < 4.78 is 12.4. The van der Waals surface area contributed by atoms with Crippen LogP contribution in [-0.2, 0) is 13.1 Å². The van der Waals surface area contributed by atoms with E-state index in [1.807, 2.05) is 49.5 Å². The van der Waals surface area contributed by atoms with Crippen molar-refractivity contribution in [3.63, 3.8) is 0 Å². The fourth-order valence-electron chi connectivity index (χ4n) is 2.78. The number of hydrogen-bond acceptors (Lipinski definition) is 5. The van der Waals surface area contributed by atoms with Crippen LogP contribution in [0, 0.1) is 0 Å². The first-order valence-electron chi connectivity index (χ1n) is 9.41. The van der Waals surface area contributed by atoms with Crippen molar-refractivity contribution >= 4 is 5.96 Å². The van der Waals surface area contributed by atoms with Crippen LogP contribution in [0.3, 0.4) is 0 Å². The van der Waals surface area contributed by atoms with E-state index in [4.69, 9.17) is 9.47 Å². The molecule has 0 radical (unpaired) electrons. The van der Waals surface area contributed by atoms with Gasteiger partial charge >= 0.3 is 0 Å². The first-order valence-corrected chi connectivity index (χ1v) is 9.41. The number of benzene rings is 1. The summed E-state index contributed by atoms with van der Waals surface area (Å²) in [6.07, 6.45) is 5.38. The monoisotopic (exact) mass is 394 g/mol. The standard InChI is InChI=1S/C21H26N6O2/c1-4-22-21(24-14-16-6-7-18(28-2)19(12-16)29-3)25-15-17-8-10-23-20(13-17)27-11-5-9-26-27/h5-13H,4,14-15H2,1-3H3,(H2,22,24,25). The summed E-state index contributed by atoms with van der Waals surface area (Å²) in [5, 5.41) is 10.8. The molecular weight excluding hydrogens is 368 g/mol. The minimum Gasteiger partial charge on any atom is -0.493 e. The Labute approximate surface area is 170 Å². The van der Waals surface area contributed by atoms with Crippen molar-refractivity contribution in [2.24, 2.45) is 4.99 Å². The summed E-state index contributed by atoms with van der Waals surface area (Å²) in [4.78, 5) is 9.02. The second-order valence-corrected chi connectivity index (χ2v) is 6.21. The molecule has 1 aromatic carbocycles. The Kier molecular flexibility index (Phi) is 7.05. The maximum Gasteiger partial charge on any atom is 0.191 e. The first-order chi connectivity index (χ1) is 14.2. The van der Waals surface area contributed by atoms with E-state index in [1.54, 1.807) is 31.3 Å². The molecular formula is C21H26N6O2. The van der Waals surface area contributed by atoms with Gasteiger partial charge in [0.1, 0.15) is 0 Å². The number of ether oxygens (including phenoxy) is 2. The minimum absolute atomic E-state index is 0.518. The molecule has 0 aliphatic rings. The highest BCUT2D eigenvalue weighted by Crippen LogP contribution is 2.27. The molecule has 0 bridgehead atoms. The molecule has 2 aromatic heterocycles. The van der Waals surface area contributed by atoms with E-state index in [9.17, 15) is 0 Å². The number of rotatable bonds is 8. The van der Waals surface area contributed by atoms with E-state index in [0.29, 0.717) is 24.6 Å². The van der Waals surface area contributed by atoms with Crippen molar-refractivity contribution in [3.05, 3.63) is 66.1 Å². The lowest BCUT2D eigenvalue weighted by atomic mass is 10.2. The smallest absolute Gasteiger partial charge is 0.191 e. The molecule has 0 fully saturated rings. The van der Waals surface area contributed by atoms with Gasteiger partial charge in [-0.2, -0.15) is 5.10 Å². The predicted molar refractivity (Wildman–Crippen MR) is 113 cm³/mol. The normalized spacial score (nSPS) is 11.2. The molecule has 0 atom stereocenters. The Morgan fingerprint density at radius 3 is 2.62 bits per heavy atom. The highest BCUT2D eigenvalue weighted by Gasteiger charge is 2.05. The molecule has 2 heterocycles. The van der Waals surface area contributed by atoms with Crippen LogP contribution >= 0.6 is 0 Å². The third-order valence-corrected chi connectivity index (χ3v) is 4.22. The van der Waals surface area contributed by atoms with E-state index in [2.05, 4.69) is 25.7 Å². The van der Waals surface area contributed by atoms with Gasteiger partial charge in [0.15, 0.2) is 23.3 Å². The third kappa shape index (κ3) is 5.47. The minimum atomic E-state index is 0.518. The van der Waals surface area contributed by atoms with Gasteiger partial charge in [-0.15, -0.1) is 0 Å². The van der Waals surface area contributed by atoms with Gasteiger partial charge < -0.3 is 20.1 Å². The number of pyridine rings is 1. The fourth-order valence-corrected chi connectivity index (χ4v) is 2.78. The molecule has 0 spiro atoms. The molecule has 0 saturated carbocycles. The van der Waals surface area contributed by atoms with Crippen LogP contribution in [-0.4, -0.2) is 41.5 Å². The Hall–Kier alpha value is -3.55. The number of guanidine groups is 1. The topological polar surface area (TPSA) is 85.6 Å². The number of methoxy groups -OCH3 is 2. The molecule has 152 valence electrons. The SMILES string of the molecule is CCNC(=NCc1ccc(OC)c(OC)c1)NCc1ccnc(-n2cccn2)c1. The molecule has 3 rings (SSSR count). The van der Waals surface area contributed by atoms with Crippen molar-refractivity contribution < 1.29 is 9.47 Å². The van der Waals surface area contributed by atoms with E-state index in [0.717, 1.165) is 29.4 Å². The van der Waals surface area contributed by atoms with Gasteiger partial charge in [0.2, 0.25) is 0 Å². The van der Waals surface area contributed by atoms with Crippen LogP contribution < -0.4 is 20.1 Å². The third-order valence-electron chi connectivity index (χ3n) is 4.22. The van der Waals surface area contributed by atoms with Crippen LogP contribution in [0.15, 0.2) is 60.0 Å². The Morgan fingerprint density at radius 1 is 1.03 bits per heavy atom. The lowest BCUT2D eigenvalue weighted by Gasteiger charge is -2.12. The second-order valence-electron chi connectivity index (χ2n) is 6.21. The summed E-state index contributed by atoms with van der Waals surface area (Å²) in [5.74, 6) is 2.92. The van der Waals surface area contributed by atoms with Gasteiger partial charge in [-0.05, 0) is 48.4 Å². The van der Waals surface area contributed by atoms with E-state index in [-0.39, 0.29) is 0 Å². The molecule has 0 aliphatic carbocycles. The van der Waals surface area contributed by atoms with Gasteiger partial charge in [-0.3, -0.25) is 0 Å². The average Bonchev–Trinajstić information content (AvgIpc) is 3.30. The largest absolute Gasteiger partial charge is 0.493 e. The Morgan fingerprint density at radius 2 is 1.90 bits per heavy atom. The average molecular weight is 394 g/mol. The zero-order valence-electron chi connectivity index (χ0n) is 16.9. The second kappa shape index (κ2) is 10.1. The summed E-state index contributed by atoms with van der Waals surface area (Å²) >= 11 is 0. The zero-order valence-corrected chi connectivity index (χ0v) is 16.9. The van der Waals surface area contributed by atoms with Gasteiger partial charge in [0.25, 0.3) is 0 Å². The summed E-state index contributed by atoms with van der Waals surface area (Å²) in [6.45, 7) is 3.95. The molecule has 8 nitrogen and oxygen atoms in total. The number of aromatic nitrogens is 3. The highest BCUT2D eigenvalue weighted by atomic mass is 16.5. The number of aliphatic imine (C=N–C) groups is 1. The maximum absolute atomic E-state index is 5.36. The summed E-state index contributed by atoms with van der Waals surface area (Å²) in [5.41, 5.74) is 2.12. The van der Waals surface area contributed by atoms with E-state index < -0.39 is 0 Å². The number of hydrogen-bond donors (Lipinski definition) is 2. The Balaban J connectivity index is 1.66. The summed E-state index contributed by atoms with van der Waals surface area (Å²) in [7, 11) is 3.25. The van der Waals surface area contributed by atoms with Gasteiger partial charge in [-0.1, -0.05) is 6.07 Å². The lowest BCUT2D eigenvalue weighted by molar-refractivity contribution is 0.354. The van der Waals surface area contributed by atoms with Gasteiger partial charge in [0.05, 0.1) is 20.8 Å². The van der Waals surface area contributed by atoms with Crippen molar-refractivity contribution in [1.29, 1.82) is 0 Å². The Bertz CT molecular complexity index is 940. The number of nitrogens with one attached hydrogen (secondary N) is 2. The fraction of sp³-hybridized carbons (Fsp3) is 0.286. The van der Waals surface area contributed by atoms with Crippen LogP contribution in [0.2, 0.25) is 0 Å². The molecule has 29 heavy (non-hydrogen) atoms. The van der Waals surface area contributed by atoms with E-state index >= 15 is 0 Å². The van der Waals surface area contributed by atoms with Crippen molar-refractivity contribution in [1.82, 2.24) is 25.4 Å². The molecule has 0 saturated heterocycles. The van der Waals surface area contributed by atoms with Crippen LogP contribution in [0.25, 0.3) is 5.82 Å². The number of nitrogens with zero attached hydrogens (tertiary/aromatic N) is 4. The van der Waals surface area contributed by atoms with Crippen LogP contribution in [0.5, 0.6) is 11.5 Å². The van der Waals surface area contributed by atoms with Crippen molar-refractivity contribution in [2.45, 2.75) is 20.0 Å². The van der Waals surface area contributed by atoms with Crippen molar-refractivity contribution in [3.8, 4) is 17.3 Å². The van der Waals surface area contributed by atoms with Crippen LogP contribution in [0.1, 0.15) is 18.1 Å². The molecule has 0 unspecified atom stereocenters. The predicted octanol–water partition coefficient (Wildman–Crippen LogP) is 2.54. The maximum atomic E-state index is 5.36.